The average molecular weight is 376 g/mol. The Bertz CT molecular complexity index is 930. The predicted octanol–water partition coefficient (Wildman–Crippen LogP) is 3.60. The van der Waals surface area contributed by atoms with E-state index in [1.807, 2.05) is 26.0 Å². The minimum absolute atomic E-state index is 0.298. The second-order valence-electron chi connectivity index (χ2n) is 5.48. The SMILES string of the molecule is Cc1ccc(C)c(Cn2cnn(-c3ccc(Br)c(F)c3)c2=O)c1. The second kappa shape index (κ2) is 6.12. The fourth-order valence-corrected chi connectivity index (χ4v) is 2.64. The number of rotatable bonds is 3. The molecule has 0 aliphatic rings. The van der Waals surface area contributed by atoms with Gasteiger partial charge in [0.15, 0.2) is 0 Å². The van der Waals surface area contributed by atoms with E-state index in [1.165, 1.54) is 21.6 Å². The monoisotopic (exact) mass is 375 g/mol. The van der Waals surface area contributed by atoms with Crippen molar-refractivity contribution in [1.82, 2.24) is 14.3 Å². The molecule has 0 bridgehead atoms. The van der Waals surface area contributed by atoms with Crippen LogP contribution in [0.5, 0.6) is 0 Å². The van der Waals surface area contributed by atoms with Gasteiger partial charge in [-0.2, -0.15) is 9.78 Å². The largest absolute Gasteiger partial charge is 0.350 e. The number of aromatic nitrogens is 3. The Morgan fingerprint density at radius 2 is 1.96 bits per heavy atom. The maximum atomic E-state index is 13.7. The van der Waals surface area contributed by atoms with Crippen LogP contribution in [0.4, 0.5) is 4.39 Å². The number of aryl methyl sites for hydroxylation is 2. The normalized spacial score (nSPS) is 11.0. The smallest absolute Gasteiger partial charge is 0.277 e. The summed E-state index contributed by atoms with van der Waals surface area (Å²) in [6, 6.07) is 10.6. The molecule has 0 atom stereocenters. The summed E-state index contributed by atoms with van der Waals surface area (Å²) in [6.07, 6.45) is 1.48. The molecular weight excluding hydrogens is 361 g/mol. The van der Waals surface area contributed by atoms with E-state index in [0.717, 1.165) is 16.7 Å². The van der Waals surface area contributed by atoms with Crippen molar-refractivity contribution in [2.75, 3.05) is 0 Å². The molecule has 0 unspecified atom stereocenters. The van der Waals surface area contributed by atoms with Crippen molar-refractivity contribution in [3.05, 3.63) is 80.2 Å². The highest BCUT2D eigenvalue weighted by Crippen LogP contribution is 2.17. The van der Waals surface area contributed by atoms with E-state index >= 15 is 0 Å². The third kappa shape index (κ3) is 3.12. The fourth-order valence-electron chi connectivity index (χ4n) is 2.39. The predicted molar refractivity (Wildman–Crippen MR) is 90.5 cm³/mol. The Hall–Kier alpha value is -2.21. The number of hydrogen-bond acceptors (Lipinski definition) is 2. The molecular formula is C17H15BrFN3O. The third-order valence-corrected chi connectivity index (χ3v) is 4.37. The van der Waals surface area contributed by atoms with Crippen molar-refractivity contribution in [2.24, 2.45) is 0 Å². The van der Waals surface area contributed by atoms with Crippen molar-refractivity contribution < 1.29 is 4.39 Å². The van der Waals surface area contributed by atoms with Crippen LogP contribution in [-0.4, -0.2) is 14.3 Å². The minimum atomic E-state index is -0.432. The Morgan fingerprint density at radius 1 is 1.17 bits per heavy atom. The third-order valence-electron chi connectivity index (χ3n) is 3.73. The summed E-state index contributed by atoms with van der Waals surface area (Å²) in [5.74, 6) is -0.432. The van der Waals surface area contributed by atoms with Crippen LogP contribution < -0.4 is 5.69 Å². The maximum Gasteiger partial charge on any atom is 0.350 e. The van der Waals surface area contributed by atoms with Gasteiger partial charge in [-0.3, -0.25) is 4.57 Å². The van der Waals surface area contributed by atoms with Crippen LogP contribution in [0.25, 0.3) is 5.69 Å². The number of halogens is 2. The van der Waals surface area contributed by atoms with Gasteiger partial charge >= 0.3 is 5.69 Å². The first-order valence-electron chi connectivity index (χ1n) is 7.12. The van der Waals surface area contributed by atoms with Crippen LogP contribution in [0.1, 0.15) is 16.7 Å². The number of hydrogen-bond donors (Lipinski definition) is 0. The van der Waals surface area contributed by atoms with Crippen LogP contribution >= 0.6 is 15.9 Å². The number of benzene rings is 2. The van der Waals surface area contributed by atoms with Crippen LogP contribution in [0.15, 0.2) is 52.0 Å². The molecule has 0 saturated carbocycles. The van der Waals surface area contributed by atoms with E-state index in [9.17, 15) is 9.18 Å². The van der Waals surface area contributed by atoms with Gasteiger partial charge in [-0.1, -0.05) is 23.8 Å². The lowest BCUT2D eigenvalue weighted by molar-refractivity contribution is 0.618. The Morgan fingerprint density at radius 3 is 2.70 bits per heavy atom. The summed E-state index contributed by atoms with van der Waals surface area (Å²) in [7, 11) is 0. The van der Waals surface area contributed by atoms with Crippen molar-refractivity contribution in [3.8, 4) is 5.69 Å². The highest BCUT2D eigenvalue weighted by Gasteiger charge is 2.10. The molecule has 0 fully saturated rings. The maximum absolute atomic E-state index is 13.7. The van der Waals surface area contributed by atoms with E-state index in [2.05, 4.69) is 27.1 Å². The molecule has 2 aromatic carbocycles. The van der Waals surface area contributed by atoms with E-state index in [4.69, 9.17) is 0 Å². The van der Waals surface area contributed by atoms with E-state index < -0.39 is 5.82 Å². The first-order valence-corrected chi connectivity index (χ1v) is 7.91. The first-order chi connectivity index (χ1) is 11.0. The van der Waals surface area contributed by atoms with Gasteiger partial charge in [0.1, 0.15) is 12.1 Å². The van der Waals surface area contributed by atoms with E-state index in [-0.39, 0.29) is 5.69 Å². The Kier molecular flexibility index (Phi) is 4.17. The molecule has 3 rings (SSSR count). The molecule has 1 aromatic heterocycles. The zero-order valence-corrected chi connectivity index (χ0v) is 14.3. The molecule has 0 aliphatic carbocycles. The lowest BCUT2D eigenvalue weighted by Gasteiger charge is -2.07. The summed E-state index contributed by atoms with van der Waals surface area (Å²) < 4.78 is 16.7. The summed E-state index contributed by atoms with van der Waals surface area (Å²) in [6.45, 7) is 4.46. The van der Waals surface area contributed by atoms with E-state index in [0.29, 0.717) is 16.7 Å². The molecule has 0 amide bonds. The molecule has 0 spiro atoms. The molecule has 3 aromatic rings. The summed E-state index contributed by atoms with van der Waals surface area (Å²) in [5, 5.41) is 4.09. The molecule has 0 N–H and O–H groups in total. The Balaban J connectivity index is 1.97. The van der Waals surface area contributed by atoms with Gasteiger partial charge < -0.3 is 0 Å². The zero-order valence-electron chi connectivity index (χ0n) is 12.8. The molecule has 0 radical (unpaired) electrons. The molecule has 0 saturated heterocycles. The quantitative estimate of drug-likeness (QED) is 0.701. The van der Waals surface area contributed by atoms with Crippen LogP contribution in [-0.2, 0) is 6.54 Å². The van der Waals surface area contributed by atoms with Gasteiger partial charge in [0.2, 0.25) is 0 Å². The summed E-state index contributed by atoms with van der Waals surface area (Å²) in [5.41, 5.74) is 3.42. The number of nitrogens with zero attached hydrogens (tertiary/aromatic N) is 3. The van der Waals surface area contributed by atoms with Crippen molar-refractivity contribution in [2.45, 2.75) is 20.4 Å². The molecule has 4 nitrogen and oxygen atoms in total. The second-order valence-corrected chi connectivity index (χ2v) is 6.34. The standard InChI is InChI=1S/C17H15BrFN3O/c1-11-3-4-12(2)13(7-11)9-21-10-20-22(17(21)23)14-5-6-15(18)16(19)8-14/h3-8,10H,9H2,1-2H3. The lowest BCUT2D eigenvalue weighted by atomic mass is 10.1. The molecule has 23 heavy (non-hydrogen) atoms. The van der Waals surface area contributed by atoms with Gasteiger partial charge in [-0.25, -0.2) is 9.18 Å². The van der Waals surface area contributed by atoms with Crippen molar-refractivity contribution >= 4 is 15.9 Å². The molecule has 0 aliphatic heterocycles. The van der Waals surface area contributed by atoms with Gasteiger partial charge in [0, 0.05) is 6.07 Å². The van der Waals surface area contributed by atoms with Crippen LogP contribution in [0, 0.1) is 19.7 Å². The fraction of sp³-hybridized carbons (Fsp3) is 0.176. The van der Waals surface area contributed by atoms with Gasteiger partial charge in [-0.15, -0.1) is 0 Å². The molecule has 1 heterocycles. The van der Waals surface area contributed by atoms with Crippen molar-refractivity contribution in [1.29, 1.82) is 0 Å². The molecule has 6 heteroatoms. The topological polar surface area (TPSA) is 39.8 Å². The van der Waals surface area contributed by atoms with Gasteiger partial charge in [0.25, 0.3) is 0 Å². The highest BCUT2D eigenvalue weighted by atomic mass is 79.9. The highest BCUT2D eigenvalue weighted by molar-refractivity contribution is 9.10. The summed E-state index contributed by atoms with van der Waals surface area (Å²) in [4.78, 5) is 12.5. The lowest BCUT2D eigenvalue weighted by Crippen LogP contribution is -2.24. The molecule has 118 valence electrons. The average Bonchev–Trinajstić information content (AvgIpc) is 2.87. The Labute approximate surface area is 141 Å². The van der Waals surface area contributed by atoms with Crippen LogP contribution in [0.2, 0.25) is 0 Å². The minimum Gasteiger partial charge on any atom is -0.277 e. The van der Waals surface area contributed by atoms with Gasteiger partial charge in [0.05, 0.1) is 16.7 Å². The van der Waals surface area contributed by atoms with E-state index in [1.54, 1.807) is 12.1 Å². The zero-order chi connectivity index (χ0) is 16.6. The van der Waals surface area contributed by atoms with Crippen molar-refractivity contribution in [3.63, 3.8) is 0 Å². The summed E-state index contributed by atoms with van der Waals surface area (Å²) >= 11 is 3.10. The first kappa shape index (κ1) is 15.7. The van der Waals surface area contributed by atoms with Gasteiger partial charge in [-0.05, 0) is 53.0 Å². The van der Waals surface area contributed by atoms with Crippen LogP contribution in [0.3, 0.4) is 0 Å².